The summed E-state index contributed by atoms with van der Waals surface area (Å²) >= 11 is 0. The Morgan fingerprint density at radius 3 is 0.486 bits per heavy atom. The van der Waals surface area contributed by atoms with Gasteiger partial charge in [0.1, 0.15) is 97.7 Å². The minimum Gasteiger partial charge on any atom is -0.481 e. The third-order valence-corrected chi connectivity index (χ3v) is 25.9. The number of aliphatic carboxylic acids is 4. The Bertz CT molecular complexity index is 2740. The predicted molar refractivity (Wildman–Crippen MR) is 523 cm³/mol. The van der Waals surface area contributed by atoms with E-state index >= 15 is 0 Å². The lowest BCUT2D eigenvalue weighted by molar-refractivity contribution is -0.304. The number of ether oxygens (including phenoxy) is 12. The van der Waals surface area contributed by atoms with Gasteiger partial charge in [-0.05, 0) is 79.1 Å². The second-order valence-corrected chi connectivity index (χ2v) is 39.0. The number of esters is 4. The molecule has 4 fully saturated rings. The van der Waals surface area contributed by atoms with Gasteiger partial charge >= 0.3 is 47.8 Å². The zero-order valence-corrected chi connectivity index (χ0v) is 87.1. The summed E-state index contributed by atoms with van der Waals surface area (Å²) in [5.74, 6) is -6.38. The van der Waals surface area contributed by atoms with Gasteiger partial charge in [0.2, 0.25) is 0 Å². The van der Waals surface area contributed by atoms with E-state index in [1.807, 2.05) is 27.7 Å². The number of unbranched alkanes of at least 4 members (excludes halogenated alkanes) is 32. The fourth-order valence-corrected chi connectivity index (χ4v) is 17.4. The highest BCUT2D eigenvalue weighted by atomic mass is 16.7. The maximum atomic E-state index is 12.6. The number of rotatable bonds is 76. The summed E-state index contributed by atoms with van der Waals surface area (Å²) in [4.78, 5) is 94.7. The molecule has 4 aliphatic heterocycles. The van der Waals surface area contributed by atoms with Crippen LogP contribution >= 0.6 is 0 Å². The molecule has 0 spiro atoms. The van der Waals surface area contributed by atoms with Crippen molar-refractivity contribution in [2.75, 3.05) is 0 Å². The smallest absolute Gasteiger partial charge is 0.308 e. The van der Waals surface area contributed by atoms with Gasteiger partial charge in [-0.3, -0.25) is 38.4 Å². The molecular formula is C104H192O36. The molecule has 0 aromatic carbocycles. The zero-order valence-electron chi connectivity index (χ0n) is 87.1. The average Bonchev–Trinajstić information content (AvgIpc) is 0.832. The van der Waals surface area contributed by atoms with Crippen LogP contribution in [0.1, 0.15) is 443 Å². The third kappa shape index (κ3) is 60.9. The van der Waals surface area contributed by atoms with E-state index in [2.05, 4.69) is 27.7 Å². The van der Waals surface area contributed by atoms with E-state index < -0.39 is 219 Å². The second kappa shape index (κ2) is 81.0. The summed E-state index contributed by atoms with van der Waals surface area (Å²) in [6.07, 6.45) is 16.8. The van der Waals surface area contributed by atoms with Gasteiger partial charge in [-0.25, -0.2) is 0 Å². The molecular weight excluding hydrogens is 1830 g/mol. The van der Waals surface area contributed by atoms with Gasteiger partial charge in [-0.1, -0.05) is 312 Å². The van der Waals surface area contributed by atoms with Crippen LogP contribution in [-0.4, -0.2) is 301 Å². The Balaban J connectivity index is 0.000000933. The lowest BCUT2D eigenvalue weighted by Gasteiger charge is -2.40. The number of hydrogen-bond donors (Lipinski definition) is 16. The molecule has 140 heavy (non-hydrogen) atoms. The predicted octanol–water partition coefficient (Wildman–Crippen LogP) is 14.8. The van der Waals surface area contributed by atoms with Crippen LogP contribution in [0.5, 0.6) is 0 Å². The molecule has 0 aromatic heterocycles. The maximum absolute atomic E-state index is 12.6. The van der Waals surface area contributed by atoms with Crippen LogP contribution < -0.4 is 0 Å². The van der Waals surface area contributed by atoms with Gasteiger partial charge in [-0.15, -0.1) is 0 Å². The van der Waals surface area contributed by atoms with Gasteiger partial charge in [0.15, 0.2) is 25.2 Å². The molecule has 0 bridgehead atoms. The van der Waals surface area contributed by atoms with Crippen LogP contribution in [0, 0.1) is 0 Å². The Labute approximate surface area is 835 Å². The van der Waals surface area contributed by atoms with Crippen molar-refractivity contribution in [2.45, 2.75) is 614 Å². The standard InChI is InChI=1S/4C26H48O9/c4*1-4-6-7-8-9-10-11-12-13-15-20(17-22(29)34-19(14-5-2)16-21(27)28)35-26-25(32)24(31)23(30)18(3)33-26/h4*18-20,23-26,30-32H,4-17H2,1-3H3,(H,27,28)/t18?,19?,20?,23-,24-,25?,26-;18?,19-,20+,23+,24+,25?,26+;18?,19-,20+,23-,24-,25?,26-;18?,19-,20-,23+,24+,25?,26+/m0101/s1. The van der Waals surface area contributed by atoms with Crippen molar-refractivity contribution < 1.29 is 177 Å². The fraction of sp³-hybridized carbons (Fsp3) is 0.923. The number of carboxylic acids is 4. The summed E-state index contributed by atoms with van der Waals surface area (Å²) < 4.78 is 67.4. The van der Waals surface area contributed by atoms with Gasteiger partial charge < -0.3 is 139 Å². The van der Waals surface area contributed by atoms with E-state index in [1.165, 1.54) is 128 Å². The van der Waals surface area contributed by atoms with Crippen molar-refractivity contribution in [3.05, 3.63) is 0 Å². The Hall–Kier alpha value is -5.04. The average molecular weight is 2020 g/mol. The minimum atomic E-state index is -1.46. The molecule has 36 nitrogen and oxygen atoms in total. The van der Waals surface area contributed by atoms with Crippen LogP contribution in [0.3, 0.4) is 0 Å². The molecule has 0 radical (unpaired) electrons. The molecule has 0 aromatic rings. The van der Waals surface area contributed by atoms with Crippen LogP contribution in [-0.2, 0) is 95.2 Å². The van der Waals surface area contributed by atoms with Crippen LogP contribution in [0.25, 0.3) is 0 Å². The lowest BCUT2D eigenvalue weighted by Crippen LogP contribution is -2.58. The first kappa shape index (κ1) is 133. The quantitative estimate of drug-likeness (QED) is 0.0153. The van der Waals surface area contributed by atoms with E-state index in [4.69, 9.17) is 77.3 Å². The topological polar surface area (TPSA) is 571 Å². The molecule has 4 saturated heterocycles. The lowest BCUT2D eigenvalue weighted by atomic mass is 9.99. The molecule has 16 N–H and O–H groups in total. The first-order valence-electron chi connectivity index (χ1n) is 53.8. The summed E-state index contributed by atoms with van der Waals surface area (Å²) in [5.41, 5.74) is 0. The number of aliphatic hydroxyl groups excluding tert-OH is 12. The maximum Gasteiger partial charge on any atom is 0.308 e. The van der Waals surface area contributed by atoms with Crippen molar-refractivity contribution in [3.63, 3.8) is 0 Å². The molecule has 4 aliphatic rings. The number of aliphatic hydroxyl groups is 12. The first-order valence-corrected chi connectivity index (χ1v) is 53.8. The number of carboxylic acid groups (broad SMARTS) is 4. The van der Waals surface area contributed by atoms with Crippen LogP contribution in [0.4, 0.5) is 0 Å². The van der Waals surface area contributed by atoms with E-state index in [9.17, 15) is 99.6 Å². The van der Waals surface area contributed by atoms with E-state index in [0.717, 1.165) is 103 Å². The SMILES string of the molecule is CCCCCCCCCCCC(CC(=O)OC(CCC)CC(=O)O)O[C@@H]1OC(C)[C@H](O)[C@H](O)C1O.CCCCCCCCCCC[C@@H](CC(=O)O[C@H](CCC)CC(=O)O)O[C@@H]1OC(C)[C@H](O)[C@H](O)C1O.CCCCCCCCCCC[C@H](CC(=O)O[C@@H](CCC)CC(=O)O)O[C@@H]1OC(C)[C@H](O)[C@H](O)C1O.CCCCCCCCCCC[C@H](CC(=O)O[C@H](CCC)CC(=O)O)O[C@@H]1OC(C)[C@H](O)[C@H](O)C1O. The van der Waals surface area contributed by atoms with Crippen LogP contribution in [0.15, 0.2) is 0 Å². The Morgan fingerprint density at radius 2 is 0.343 bits per heavy atom. The zero-order chi connectivity index (χ0) is 105. The molecule has 4 rings (SSSR count). The molecule has 824 valence electrons. The molecule has 4 heterocycles. The number of carbonyl (C=O) groups is 8. The fourth-order valence-electron chi connectivity index (χ4n) is 17.4. The number of hydrogen-bond acceptors (Lipinski definition) is 32. The molecule has 0 aliphatic carbocycles. The normalized spacial score (nSPS) is 26.3. The van der Waals surface area contributed by atoms with Crippen molar-refractivity contribution in [1.82, 2.24) is 0 Å². The Morgan fingerprint density at radius 1 is 0.193 bits per heavy atom. The minimum absolute atomic E-state index is 0.115. The summed E-state index contributed by atoms with van der Waals surface area (Å²) in [7, 11) is 0. The molecule has 36 heteroatoms. The Kier molecular flexibility index (Phi) is 77.0. The van der Waals surface area contributed by atoms with Gasteiger partial charge in [0, 0.05) is 0 Å². The highest BCUT2D eigenvalue weighted by Crippen LogP contribution is 2.33. The van der Waals surface area contributed by atoms with Crippen molar-refractivity contribution in [2.24, 2.45) is 0 Å². The largest absolute Gasteiger partial charge is 0.481 e. The van der Waals surface area contributed by atoms with E-state index in [1.54, 1.807) is 27.7 Å². The van der Waals surface area contributed by atoms with Gasteiger partial charge in [0.25, 0.3) is 0 Å². The van der Waals surface area contributed by atoms with Gasteiger partial charge in [0.05, 0.1) is 100 Å². The molecule has 0 saturated carbocycles. The van der Waals surface area contributed by atoms with Crippen molar-refractivity contribution in [1.29, 1.82) is 0 Å². The first-order chi connectivity index (χ1) is 66.8. The summed E-state index contributed by atoms with van der Waals surface area (Å²) in [6.45, 7) is 22.6. The monoisotopic (exact) mass is 2020 g/mol. The second-order valence-electron chi connectivity index (χ2n) is 39.0. The summed E-state index contributed by atoms with van der Waals surface area (Å²) in [6, 6.07) is 0. The van der Waals surface area contributed by atoms with Crippen molar-refractivity contribution >= 4 is 47.8 Å². The van der Waals surface area contributed by atoms with E-state index in [-0.39, 0.29) is 51.4 Å². The molecule has 28 atom stereocenters. The molecule has 10 unspecified atom stereocenters. The van der Waals surface area contributed by atoms with E-state index in [0.29, 0.717) is 77.0 Å². The van der Waals surface area contributed by atoms with Gasteiger partial charge in [-0.2, -0.15) is 0 Å². The van der Waals surface area contributed by atoms with Crippen LogP contribution in [0.2, 0.25) is 0 Å². The van der Waals surface area contributed by atoms with Crippen molar-refractivity contribution in [3.8, 4) is 0 Å². The highest BCUT2D eigenvalue weighted by Gasteiger charge is 2.48. The highest BCUT2D eigenvalue weighted by molar-refractivity contribution is 5.74. The third-order valence-electron chi connectivity index (χ3n) is 25.9. The molecule has 0 amide bonds. The number of carbonyl (C=O) groups excluding carboxylic acids is 4. The summed E-state index contributed by atoms with van der Waals surface area (Å²) in [5, 5.41) is 158.